The van der Waals surface area contributed by atoms with Gasteiger partial charge in [-0.1, -0.05) is 57.5 Å². The Morgan fingerprint density at radius 2 is 1.38 bits per heavy atom. The minimum atomic E-state index is -1.20. The molecule has 0 N–H and O–H groups in total. The van der Waals surface area contributed by atoms with Crippen molar-refractivity contribution in [2.75, 3.05) is 21.3 Å². The number of aryl methyl sites for hydroxylation is 1. The van der Waals surface area contributed by atoms with Gasteiger partial charge in [0.05, 0.1) is 41.5 Å². The largest absolute Gasteiger partial charge is 0.459 e. The number of hydrogen-bond acceptors (Lipinski definition) is 14. The van der Waals surface area contributed by atoms with Crippen molar-refractivity contribution < 1.29 is 55.0 Å². The van der Waals surface area contributed by atoms with Crippen molar-refractivity contribution in [3.8, 4) is 0 Å². The van der Waals surface area contributed by atoms with Crippen LogP contribution in [0.2, 0.25) is 0 Å². The van der Waals surface area contributed by atoms with Gasteiger partial charge in [0.25, 0.3) is 0 Å². The van der Waals surface area contributed by atoms with E-state index in [1.54, 1.807) is 21.1 Å². The standard InChI is InChI=1S/C45H71I4NO13/c1-15-33-45(11,63-49)39(61-47)27(5)35(51)25(3)21-43(9,53-13)38(59-42-37(60-46)32(20-26(4)55-42)50(12)23-31-18-16-24(2)17-19-31)28(6)36(29(7)41(52)57-33)58-34-22-44(10,54-14)40(62-48)30(8)56-34/h16-19,25-30,32-34,36-40,42H,15,20-23H2,1-14H3/t25-,26-,27+,28+,29-,30+,32+,33?,34?,36-,37-,38-,39-,40+,42?,43+,44-,45-/m1/s1. The van der Waals surface area contributed by atoms with Crippen LogP contribution in [0.25, 0.3) is 0 Å². The smallest absolute Gasteiger partial charge is 0.311 e. The molecule has 63 heavy (non-hydrogen) atoms. The summed E-state index contributed by atoms with van der Waals surface area (Å²) < 4.78 is 70.9. The summed E-state index contributed by atoms with van der Waals surface area (Å²) in [6, 6.07) is 8.44. The molecule has 14 nitrogen and oxygen atoms in total. The summed E-state index contributed by atoms with van der Waals surface area (Å²) in [4.78, 5) is 31.7. The fraction of sp³-hybridized carbons (Fsp3) is 0.822. The molecule has 18 atom stereocenters. The predicted molar refractivity (Wildman–Crippen MR) is 272 cm³/mol. The van der Waals surface area contributed by atoms with Crippen LogP contribution in [-0.4, -0.2) is 122 Å². The first-order chi connectivity index (χ1) is 29.6. The van der Waals surface area contributed by atoms with Gasteiger partial charge < -0.3 is 45.4 Å². The Labute approximate surface area is 432 Å². The van der Waals surface area contributed by atoms with Crippen molar-refractivity contribution in [3.05, 3.63) is 35.4 Å². The highest BCUT2D eigenvalue weighted by Gasteiger charge is 2.55. The van der Waals surface area contributed by atoms with Crippen molar-refractivity contribution in [2.45, 2.75) is 193 Å². The number of nitrogens with zero attached hydrogens (tertiary/aromatic N) is 1. The molecule has 0 aliphatic carbocycles. The highest BCUT2D eigenvalue weighted by molar-refractivity contribution is 14.1. The molecular formula is C45H71I4NO13. The second-order valence-corrected chi connectivity index (χ2v) is 20.8. The van der Waals surface area contributed by atoms with Gasteiger partial charge in [0.1, 0.15) is 128 Å². The third kappa shape index (κ3) is 13.0. The molecule has 3 heterocycles. The maximum atomic E-state index is 14.8. The number of halogens is 4. The summed E-state index contributed by atoms with van der Waals surface area (Å²) in [5, 5.41) is 0. The van der Waals surface area contributed by atoms with Crippen LogP contribution >= 0.6 is 92.0 Å². The molecule has 3 saturated heterocycles. The SMILES string of the molecule is CCC1OC(=O)[C@H](C)[C@H](OC2C[C@@](C)(OC)[C@@H](OI)[C@H](C)O2)[C@H](C)[C@@H](OC2O[C@H](C)C[C@H](N(C)Cc3ccc(C)cc3)[C@H]2OI)[C@@](C)(OC)C[C@@H](C)C(=O)[C@H](C)[C@@H](OI)[C@]1(C)OI. The van der Waals surface area contributed by atoms with Gasteiger partial charge in [-0.05, 0) is 80.3 Å². The molecule has 0 radical (unpaired) electrons. The zero-order valence-electron chi connectivity index (χ0n) is 39.3. The first-order valence-electron chi connectivity index (χ1n) is 22.0. The summed E-state index contributed by atoms with van der Waals surface area (Å²) in [5.74, 6) is -3.25. The monoisotopic (exact) mass is 1340 g/mol. The number of rotatable bonds is 14. The highest BCUT2D eigenvalue weighted by atomic mass is 127. The van der Waals surface area contributed by atoms with Crippen molar-refractivity contribution in [2.24, 2.45) is 23.7 Å². The third-order valence-corrected chi connectivity index (χ3v) is 16.7. The fourth-order valence-electron chi connectivity index (χ4n) is 10.1. The van der Waals surface area contributed by atoms with Gasteiger partial charge in [0.2, 0.25) is 0 Å². The summed E-state index contributed by atoms with van der Waals surface area (Å²) in [6.45, 7) is 21.9. The van der Waals surface area contributed by atoms with E-state index in [2.05, 4.69) is 43.1 Å². The molecule has 3 aliphatic heterocycles. The number of carbonyl (C=O) groups is 2. The van der Waals surface area contributed by atoms with Crippen LogP contribution in [0.5, 0.6) is 0 Å². The molecule has 3 aliphatic rings. The lowest BCUT2D eigenvalue weighted by atomic mass is 9.74. The van der Waals surface area contributed by atoms with Crippen LogP contribution in [0.3, 0.4) is 0 Å². The van der Waals surface area contributed by atoms with E-state index in [0.29, 0.717) is 25.8 Å². The molecule has 4 rings (SSSR count). The highest BCUT2D eigenvalue weighted by Crippen LogP contribution is 2.44. The quantitative estimate of drug-likeness (QED) is 0.129. The van der Waals surface area contributed by atoms with E-state index < -0.39 is 102 Å². The number of hydrogen-bond donors (Lipinski definition) is 0. The zero-order chi connectivity index (χ0) is 47.2. The van der Waals surface area contributed by atoms with Crippen molar-refractivity contribution >= 4 is 104 Å². The summed E-state index contributed by atoms with van der Waals surface area (Å²) in [6.07, 6.45) is -4.89. The average Bonchev–Trinajstić information content (AvgIpc) is 3.25. The molecule has 0 bridgehead atoms. The number of cyclic esters (lactones) is 1. The Hall–Kier alpha value is 0.840. The normalized spacial score (nSPS) is 42.5. The molecular weight excluding hydrogens is 1270 g/mol. The molecule has 1 aromatic rings. The molecule has 1 aromatic carbocycles. The fourth-order valence-corrected chi connectivity index (χ4v) is 13.1. The third-order valence-electron chi connectivity index (χ3n) is 14.1. The molecule has 18 heteroatoms. The average molecular weight is 1340 g/mol. The van der Waals surface area contributed by atoms with Crippen LogP contribution in [0.4, 0.5) is 0 Å². The first kappa shape index (κ1) is 56.4. The summed E-state index contributed by atoms with van der Waals surface area (Å²) in [7, 11) is 5.36. The molecule has 0 spiro atoms. The van der Waals surface area contributed by atoms with Gasteiger partial charge in [-0.25, -0.2) is 0 Å². The number of Topliss-reactive ketones (excluding diaryl/α,β-unsaturated/α-hetero) is 1. The second kappa shape index (κ2) is 24.6. The van der Waals surface area contributed by atoms with Crippen molar-refractivity contribution in [1.82, 2.24) is 4.90 Å². The first-order valence-corrected chi connectivity index (χ1v) is 25.5. The molecule has 362 valence electrons. The topological polar surface area (TPSA) is 139 Å². The minimum absolute atomic E-state index is 0.0605. The number of likely N-dealkylation sites (N-methyl/N-ethyl adjacent to an activating group) is 1. The molecule has 0 saturated carbocycles. The van der Waals surface area contributed by atoms with E-state index in [1.807, 2.05) is 154 Å². The van der Waals surface area contributed by atoms with Gasteiger partial charge in [-0.15, -0.1) is 0 Å². The molecule has 0 aromatic heterocycles. The van der Waals surface area contributed by atoms with Crippen LogP contribution in [0, 0.1) is 30.6 Å². The maximum Gasteiger partial charge on any atom is 0.311 e. The lowest BCUT2D eigenvalue weighted by Crippen LogP contribution is -2.61. The van der Waals surface area contributed by atoms with E-state index in [0.717, 1.165) is 0 Å². The number of ketones is 1. The molecule has 3 fully saturated rings. The van der Waals surface area contributed by atoms with Gasteiger partial charge in [-0.3, -0.25) is 14.5 Å². The van der Waals surface area contributed by atoms with Gasteiger partial charge in [-0.2, -0.15) is 0 Å². The number of methoxy groups -OCH3 is 2. The Kier molecular flexibility index (Phi) is 22.0. The summed E-state index contributed by atoms with van der Waals surface area (Å²) >= 11 is 7.47. The minimum Gasteiger partial charge on any atom is -0.459 e. The maximum absolute atomic E-state index is 14.8. The lowest BCUT2D eigenvalue weighted by molar-refractivity contribution is -0.313. The van der Waals surface area contributed by atoms with Crippen LogP contribution in [0.1, 0.15) is 106 Å². The number of carbonyl (C=O) groups excluding carboxylic acids is 2. The van der Waals surface area contributed by atoms with Gasteiger partial charge >= 0.3 is 5.97 Å². The number of ether oxygens (including phenoxy) is 7. The Bertz CT molecular complexity index is 1620. The van der Waals surface area contributed by atoms with Crippen molar-refractivity contribution in [1.29, 1.82) is 0 Å². The van der Waals surface area contributed by atoms with E-state index in [-0.39, 0.29) is 24.3 Å². The summed E-state index contributed by atoms with van der Waals surface area (Å²) in [5.41, 5.74) is -0.752. The Morgan fingerprint density at radius 1 is 0.778 bits per heavy atom. The molecule has 3 unspecified atom stereocenters. The molecule has 0 amide bonds. The van der Waals surface area contributed by atoms with Gasteiger partial charge in [0.15, 0.2) is 12.6 Å². The van der Waals surface area contributed by atoms with Crippen LogP contribution in [-0.2, 0) is 61.6 Å². The second-order valence-electron chi connectivity index (χ2n) is 18.8. The van der Waals surface area contributed by atoms with Crippen molar-refractivity contribution in [3.63, 3.8) is 0 Å². The van der Waals surface area contributed by atoms with E-state index in [4.69, 9.17) is 45.4 Å². The van der Waals surface area contributed by atoms with Crippen LogP contribution in [0.15, 0.2) is 24.3 Å². The van der Waals surface area contributed by atoms with E-state index in [9.17, 15) is 9.59 Å². The number of benzene rings is 1. The van der Waals surface area contributed by atoms with Gasteiger partial charge in [0, 0.05) is 51.0 Å². The Morgan fingerprint density at radius 3 is 1.92 bits per heavy atom. The van der Waals surface area contributed by atoms with E-state index in [1.165, 1.54) is 11.1 Å². The predicted octanol–water partition coefficient (Wildman–Crippen LogP) is 9.82. The lowest BCUT2D eigenvalue weighted by Gasteiger charge is -2.50. The number of esters is 1. The zero-order valence-corrected chi connectivity index (χ0v) is 47.9. The Balaban J connectivity index is 1.88. The van der Waals surface area contributed by atoms with E-state index >= 15 is 0 Å². The van der Waals surface area contributed by atoms with Crippen LogP contribution < -0.4 is 0 Å².